The second kappa shape index (κ2) is 7.90. The zero-order valence-corrected chi connectivity index (χ0v) is 14.4. The molecule has 0 spiro atoms. The summed E-state index contributed by atoms with van der Waals surface area (Å²) in [5, 5.41) is 0.637. The number of carbonyl (C=O) groups excluding carboxylic acids is 2. The Labute approximate surface area is 148 Å². The van der Waals surface area contributed by atoms with Gasteiger partial charge in [-0.3, -0.25) is 20.4 Å². The monoisotopic (exact) mass is 368 g/mol. The van der Waals surface area contributed by atoms with Crippen molar-refractivity contribution in [3.63, 3.8) is 0 Å². The largest absolute Gasteiger partial charge is 0.493 e. The van der Waals surface area contributed by atoms with Gasteiger partial charge in [0.2, 0.25) is 0 Å². The lowest BCUT2D eigenvalue weighted by Gasteiger charge is -2.11. The average molecular weight is 369 g/mol. The number of hydrazine groups is 1. The summed E-state index contributed by atoms with van der Waals surface area (Å²) in [6.07, 6.45) is 0. The van der Waals surface area contributed by atoms with Gasteiger partial charge in [0.25, 0.3) is 11.8 Å². The molecule has 2 aromatic carbocycles. The van der Waals surface area contributed by atoms with Crippen LogP contribution in [0.1, 0.15) is 20.7 Å². The molecular formula is C16H14Cl2N2O4. The SMILES string of the molecule is COc1ccc(C(=O)NNC(=O)c2cc(Cl)cc(Cl)c2)cc1OC. The minimum absolute atomic E-state index is 0.222. The van der Waals surface area contributed by atoms with Crippen LogP contribution in [0.4, 0.5) is 0 Å². The Bertz CT molecular complexity index is 760. The topological polar surface area (TPSA) is 76.7 Å². The highest BCUT2D eigenvalue weighted by molar-refractivity contribution is 6.35. The lowest BCUT2D eigenvalue weighted by atomic mass is 10.2. The molecule has 0 fully saturated rings. The van der Waals surface area contributed by atoms with E-state index < -0.39 is 11.8 Å². The first kappa shape index (κ1) is 17.9. The zero-order valence-electron chi connectivity index (χ0n) is 12.9. The number of halogens is 2. The molecule has 0 aliphatic heterocycles. The number of hydrogen-bond donors (Lipinski definition) is 2. The highest BCUT2D eigenvalue weighted by Gasteiger charge is 2.13. The van der Waals surface area contributed by atoms with Crippen molar-refractivity contribution < 1.29 is 19.1 Å². The molecule has 126 valence electrons. The third-order valence-corrected chi connectivity index (χ3v) is 3.50. The van der Waals surface area contributed by atoms with Gasteiger partial charge < -0.3 is 9.47 Å². The second-order valence-electron chi connectivity index (χ2n) is 4.64. The van der Waals surface area contributed by atoms with Crippen LogP contribution in [-0.2, 0) is 0 Å². The van der Waals surface area contributed by atoms with Crippen molar-refractivity contribution in [2.24, 2.45) is 0 Å². The van der Waals surface area contributed by atoms with E-state index in [1.165, 1.54) is 38.5 Å². The van der Waals surface area contributed by atoms with Crippen LogP contribution in [0, 0.1) is 0 Å². The molecule has 24 heavy (non-hydrogen) atoms. The predicted octanol–water partition coefficient (Wildman–Crippen LogP) is 3.09. The Morgan fingerprint density at radius 2 is 1.33 bits per heavy atom. The fraction of sp³-hybridized carbons (Fsp3) is 0.125. The van der Waals surface area contributed by atoms with Crippen molar-refractivity contribution >= 4 is 35.0 Å². The summed E-state index contributed by atoms with van der Waals surface area (Å²) in [6, 6.07) is 9.00. The van der Waals surface area contributed by atoms with E-state index in [1.54, 1.807) is 12.1 Å². The van der Waals surface area contributed by atoms with Crippen molar-refractivity contribution in [1.29, 1.82) is 0 Å². The first-order valence-electron chi connectivity index (χ1n) is 6.73. The van der Waals surface area contributed by atoms with E-state index in [1.807, 2.05) is 0 Å². The van der Waals surface area contributed by atoms with Crippen LogP contribution in [0.25, 0.3) is 0 Å². The summed E-state index contributed by atoms with van der Waals surface area (Å²) >= 11 is 11.7. The smallest absolute Gasteiger partial charge is 0.269 e. The number of carbonyl (C=O) groups is 2. The van der Waals surface area contributed by atoms with Gasteiger partial charge >= 0.3 is 0 Å². The number of hydrogen-bond acceptors (Lipinski definition) is 4. The molecule has 2 aromatic rings. The molecule has 0 unspecified atom stereocenters. The van der Waals surface area contributed by atoms with Gasteiger partial charge in [0.15, 0.2) is 11.5 Å². The Kier molecular flexibility index (Phi) is 5.89. The summed E-state index contributed by atoms with van der Waals surface area (Å²) in [7, 11) is 2.96. The molecule has 0 atom stereocenters. The fourth-order valence-corrected chi connectivity index (χ4v) is 2.45. The molecule has 2 amide bonds. The lowest BCUT2D eigenvalue weighted by Crippen LogP contribution is -2.41. The van der Waals surface area contributed by atoms with Crippen molar-refractivity contribution in [2.75, 3.05) is 14.2 Å². The van der Waals surface area contributed by atoms with E-state index in [4.69, 9.17) is 32.7 Å². The summed E-state index contributed by atoms with van der Waals surface area (Å²) in [5.41, 5.74) is 5.11. The number of benzene rings is 2. The predicted molar refractivity (Wildman–Crippen MR) is 90.9 cm³/mol. The van der Waals surface area contributed by atoms with Crippen molar-refractivity contribution in [1.82, 2.24) is 10.9 Å². The normalized spacial score (nSPS) is 10.0. The molecule has 0 radical (unpaired) electrons. The Balaban J connectivity index is 2.06. The Hall–Kier alpha value is -2.44. The molecule has 0 bridgehead atoms. The molecule has 0 saturated carbocycles. The van der Waals surface area contributed by atoms with E-state index in [0.29, 0.717) is 21.5 Å². The van der Waals surface area contributed by atoms with Crippen molar-refractivity contribution in [2.45, 2.75) is 0 Å². The van der Waals surface area contributed by atoms with E-state index in [2.05, 4.69) is 10.9 Å². The maximum atomic E-state index is 12.1. The van der Waals surface area contributed by atoms with E-state index in [0.717, 1.165) is 0 Å². The number of rotatable bonds is 4. The molecule has 0 heterocycles. The number of amides is 2. The molecule has 6 nitrogen and oxygen atoms in total. The number of nitrogens with one attached hydrogen (secondary N) is 2. The second-order valence-corrected chi connectivity index (χ2v) is 5.51. The summed E-state index contributed by atoms with van der Waals surface area (Å²) in [6.45, 7) is 0. The van der Waals surface area contributed by atoms with Gasteiger partial charge in [-0.2, -0.15) is 0 Å². The highest BCUT2D eigenvalue weighted by Crippen LogP contribution is 2.27. The van der Waals surface area contributed by atoms with Gasteiger partial charge in [0, 0.05) is 21.2 Å². The first-order chi connectivity index (χ1) is 11.4. The van der Waals surface area contributed by atoms with Crippen LogP contribution < -0.4 is 20.3 Å². The van der Waals surface area contributed by atoms with Gasteiger partial charge in [-0.05, 0) is 36.4 Å². The van der Waals surface area contributed by atoms with E-state index >= 15 is 0 Å². The van der Waals surface area contributed by atoms with Crippen LogP contribution in [-0.4, -0.2) is 26.0 Å². The van der Waals surface area contributed by atoms with Crippen LogP contribution >= 0.6 is 23.2 Å². The van der Waals surface area contributed by atoms with Crippen LogP contribution in [0.2, 0.25) is 10.0 Å². The molecule has 0 aliphatic rings. The van der Waals surface area contributed by atoms with Crippen LogP contribution in [0.5, 0.6) is 11.5 Å². The van der Waals surface area contributed by atoms with Gasteiger partial charge in [0.05, 0.1) is 14.2 Å². The lowest BCUT2D eigenvalue weighted by molar-refractivity contribution is 0.0846. The third-order valence-electron chi connectivity index (χ3n) is 3.06. The molecule has 8 heteroatoms. The van der Waals surface area contributed by atoms with Crippen LogP contribution in [0.15, 0.2) is 36.4 Å². The highest BCUT2D eigenvalue weighted by atomic mass is 35.5. The summed E-state index contributed by atoms with van der Waals surface area (Å²) < 4.78 is 10.2. The first-order valence-corrected chi connectivity index (χ1v) is 7.49. The quantitative estimate of drug-likeness (QED) is 0.813. The molecule has 2 rings (SSSR count). The van der Waals surface area contributed by atoms with Gasteiger partial charge in [-0.1, -0.05) is 23.2 Å². The minimum atomic E-state index is -0.548. The number of methoxy groups -OCH3 is 2. The van der Waals surface area contributed by atoms with Gasteiger partial charge in [-0.15, -0.1) is 0 Å². The molecule has 0 aliphatic carbocycles. The molecule has 0 aromatic heterocycles. The standard InChI is InChI=1S/C16H14Cl2N2O4/c1-23-13-4-3-9(7-14(13)24-2)15(21)19-20-16(22)10-5-11(17)8-12(18)6-10/h3-8H,1-2H3,(H,19,21)(H,20,22). The maximum absolute atomic E-state index is 12.1. The fourth-order valence-electron chi connectivity index (χ4n) is 1.92. The average Bonchev–Trinajstić information content (AvgIpc) is 2.57. The zero-order chi connectivity index (χ0) is 17.7. The van der Waals surface area contributed by atoms with Crippen molar-refractivity contribution in [3.05, 3.63) is 57.6 Å². The summed E-state index contributed by atoms with van der Waals surface area (Å²) in [5.74, 6) is -0.171. The van der Waals surface area contributed by atoms with Crippen molar-refractivity contribution in [3.8, 4) is 11.5 Å². The molecular weight excluding hydrogens is 355 g/mol. The minimum Gasteiger partial charge on any atom is -0.493 e. The molecule has 2 N–H and O–H groups in total. The summed E-state index contributed by atoms with van der Waals surface area (Å²) in [4.78, 5) is 24.1. The van der Waals surface area contributed by atoms with Crippen LogP contribution in [0.3, 0.4) is 0 Å². The van der Waals surface area contributed by atoms with Gasteiger partial charge in [0.1, 0.15) is 0 Å². The molecule has 0 saturated heterocycles. The van der Waals surface area contributed by atoms with E-state index in [-0.39, 0.29) is 11.1 Å². The van der Waals surface area contributed by atoms with Gasteiger partial charge in [-0.25, -0.2) is 0 Å². The van der Waals surface area contributed by atoms with E-state index in [9.17, 15) is 9.59 Å². The number of ether oxygens (including phenoxy) is 2. The maximum Gasteiger partial charge on any atom is 0.269 e. The third kappa shape index (κ3) is 4.31. The Morgan fingerprint density at radius 3 is 1.88 bits per heavy atom. The Morgan fingerprint density at radius 1 is 0.792 bits per heavy atom.